The zero-order valence-corrected chi connectivity index (χ0v) is 15.5. The molecular formula is C19H14N2S3. The number of benzene rings is 2. The van der Waals surface area contributed by atoms with Gasteiger partial charge >= 0.3 is 0 Å². The van der Waals surface area contributed by atoms with Crippen LogP contribution in [0.1, 0.15) is 0 Å². The second kappa shape index (κ2) is 6.67. The molecule has 0 saturated carbocycles. The summed E-state index contributed by atoms with van der Waals surface area (Å²) in [6.45, 7) is 0. The second-order valence-electron chi connectivity index (χ2n) is 5.26. The van der Waals surface area contributed by atoms with E-state index in [9.17, 15) is 0 Å². The van der Waals surface area contributed by atoms with Crippen molar-refractivity contribution in [3.05, 3.63) is 60.9 Å². The normalized spacial score (nSPS) is 11.2. The number of aromatic nitrogens is 2. The first-order valence-electron chi connectivity index (χ1n) is 7.44. The lowest BCUT2D eigenvalue weighted by Gasteiger charge is -2.13. The van der Waals surface area contributed by atoms with Crippen LogP contribution in [-0.4, -0.2) is 16.2 Å². The number of hydrogen-bond acceptors (Lipinski definition) is 5. The van der Waals surface area contributed by atoms with E-state index in [4.69, 9.17) is 0 Å². The summed E-state index contributed by atoms with van der Waals surface area (Å²) in [5.74, 6) is 0. The van der Waals surface area contributed by atoms with Gasteiger partial charge < -0.3 is 0 Å². The fourth-order valence-corrected chi connectivity index (χ4v) is 5.01. The molecule has 0 aliphatic rings. The van der Waals surface area contributed by atoms with Crippen LogP contribution < -0.4 is 0 Å². The van der Waals surface area contributed by atoms with E-state index in [0.29, 0.717) is 0 Å². The van der Waals surface area contributed by atoms with Crippen molar-refractivity contribution >= 4 is 58.0 Å². The zero-order valence-electron chi connectivity index (χ0n) is 12.9. The SMILES string of the molecule is CSc1c(Sc2c(S)cnc3ccccc23)cnc2ccccc12. The molecule has 2 aromatic heterocycles. The molecule has 0 amide bonds. The van der Waals surface area contributed by atoms with E-state index in [-0.39, 0.29) is 0 Å². The molecule has 0 spiro atoms. The van der Waals surface area contributed by atoms with Gasteiger partial charge in [-0.1, -0.05) is 48.2 Å². The zero-order chi connectivity index (χ0) is 16.5. The molecule has 2 aromatic carbocycles. The molecule has 0 unspecified atom stereocenters. The Labute approximate surface area is 154 Å². The third-order valence-electron chi connectivity index (χ3n) is 3.82. The largest absolute Gasteiger partial charge is 0.255 e. The average molecular weight is 367 g/mol. The number of pyridine rings is 2. The van der Waals surface area contributed by atoms with Gasteiger partial charge in [0.05, 0.1) is 11.0 Å². The average Bonchev–Trinajstić information content (AvgIpc) is 2.63. The molecule has 0 bridgehead atoms. The fraction of sp³-hybridized carbons (Fsp3) is 0.0526. The van der Waals surface area contributed by atoms with E-state index < -0.39 is 0 Å². The quantitative estimate of drug-likeness (QED) is 0.358. The first kappa shape index (κ1) is 15.8. The summed E-state index contributed by atoms with van der Waals surface area (Å²) in [5.41, 5.74) is 2.01. The van der Waals surface area contributed by atoms with Crippen molar-refractivity contribution in [2.45, 2.75) is 19.6 Å². The van der Waals surface area contributed by atoms with Gasteiger partial charge in [-0.15, -0.1) is 24.4 Å². The van der Waals surface area contributed by atoms with Crippen LogP contribution in [0.4, 0.5) is 0 Å². The number of rotatable bonds is 3. The topological polar surface area (TPSA) is 25.8 Å². The van der Waals surface area contributed by atoms with Gasteiger partial charge in [0, 0.05) is 42.7 Å². The highest BCUT2D eigenvalue weighted by Gasteiger charge is 2.13. The maximum absolute atomic E-state index is 4.63. The summed E-state index contributed by atoms with van der Waals surface area (Å²) in [4.78, 5) is 13.5. The molecule has 5 heteroatoms. The van der Waals surface area contributed by atoms with Gasteiger partial charge in [-0.25, -0.2) is 0 Å². The van der Waals surface area contributed by atoms with Crippen molar-refractivity contribution in [1.29, 1.82) is 0 Å². The molecule has 4 rings (SSSR count). The maximum Gasteiger partial charge on any atom is 0.0714 e. The lowest BCUT2D eigenvalue weighted by molar-refractivity contribution is 1.17. The monoisotopic (exact) mass is 366 g/mol. The van der Waals surface area contributed by atoms with Crippen LogP contribution in [0.5, 0.6) is 0 Å². The van der Waals surface area contributed by atoms with Crippen LogP contribution >= 0.6 is 36.2 Å². The lowest BCUT2D eigenvalue weighted by Crippen LogP contribution is -1.89. The molecule has 118 valence electrons. The maximum atomic E-state index is 4.63. The van der Waals surface area contributed by atoms with Gasteiger partial charge in [0.15, 0.2) is 0 Å². The van der Waals surface area contributed by atoms with Crippen molar-refractivity contribution < 1.29 is 0 Å². The Hall–Kier alpha value is -1.69. The highest BCUT2D eigenvalue weighted by Crippen LogP contribution is 2.42. The van der Waals surface area contributed by atoms with Gasteiger partial charge in [0.25, 0.3) is 0 Å². The van der Waals surface area contributed by atoms with Crippen LogP contribution in [0.15, 0.2) is 80.5 Å². The second-order valence-corrected chi connectivity index (χ2v) is 7.62. The van der Waals surface area contributed by atoms with Crippen LogP contribution in [0.3, 0.4) is 0 Å². The summed E-state index contributed by atoms with van der Waals surface area (Å²) < 4.78 is 0. The van der Waals surface area contributed by atoms with Crippen molar-refractivity contribution in [3.63, 3.8) is 0 Å². The van der Waals surface area contributed by atoms with Crippen LogP contribution in [0, 0.1) is 0 Å². The minimum absolute atomic E-state index is 0.888. The van der Waals surface area contributed by atoms with Crippen LogP contribution in [0.2, 0.25) is 0 Å². The summed E-state index contributed by atoms with van der Waals surface area (Å²) in [5, 5.41) is 2.31. The summed E-state index contributed by atoms with van der Waals surface area (Å²) in [6, 6.07) is 16.4. The minimum Gasteiger partial charge on any atom is -0.255 e. The molecule has 0 aliphatic carbocycles. The van der Waals surface area contributed by atoms with Gasteiger partial charge in [-0.3, -0.25) is 9.97 Å². The first-order chi connectivity index (χ1) is 11.8. The standard InChI is InChI=1S/C19H14N2S3/c1-23-19-13-7-3-5-9-15(13)21-11-17(19)24-18-12-6-2-4-8-14(12)20-10-16(18)22/h2-11,22H,1H3. The summed E-state index contributed by atoms with van der Waals surface area (Å²) in [6.07, 6.45) is 5.89. The molecule has 4 aromatic rings. The van der Waals surface area contributed by atoms with Gasteiger partial charge in [-0.05, 0) is 18.4 Å². The van der Waals surface area contributed by atoms with Gasteiger partial charge in [0.1, 0.15) is 0 Å². The Kier molecular flexibility index (Phi) is 4.39. The van der Waals surface area contributed by atoms with E-state index in [1.54, 1.807) is 23.5 Å². The number of thioether (sulfide) groups is 1. The molecule has 2 nitrogen and oxygen atoms in total. The number of nitrogens with zero attached hydrogens (tertiary/aromatic N) is 2. The fourth-order valence-electron chi connectivity index (χ4n) is 2.70. The molecule has 0 fully saturated rings. The Morgan fingerprint density at radius 1 is 0.792 bits per heavy atom. The summed E-state index contributed by atoms with van der Waals surface area (Å²) in [7, 11) is 0. The molecule has 0 atom stereocenters. The number of para-hydroxylation sites is 2. The van der Waals surface area contributed by atoms with Crippen molar-refractivity contribution in [3.8, 4) is 0 Å². The highest BCUT2D eigenvalue weighted by atomic mass is 32.2. The summed E-state index contributed by atoms with van der Waals surface area (Å²) >= 11 is 8.09. The number of thiol groups is 1. The Morgan fingerprint density at radius 3 is 2.04 bits per heavy atom. The molecule has 24 heavy (non-hydrogen) atoms. The predicted octanol–water partition coefficient (Wildman–Crippen LogP) is 5.94. The molecule has 0 N–H and O–H groups in total. The molecule has 0 radical (unpaired) electrons. The van der Waals surface area contributed by atoms with E-state index in [0.717, 1.165) is 31.1 Å². The molecular weight excluding hydrogens is 352 g/mol. The number of hydrogen-bond donors (Lipinski definition) is 1. The highest BCUT2D eigenvalue weighted by molar-refractivity contribution is 8.02. The van der Waals surface area contributed by atoms with Crippen molar-refractivity contribution in [2.75, 3.05) is 6.26 Å². The first-order valence-corrected chi connectivity index (χ1v) is 9.93. The van der Waals surface area contributed by atoms with Gasteiger partial charge in [-0.2, -0.15) is 0 Å². The van der Waals surface area contributed by atoms with Crippen molar-refractivity contribution in [1.82, 2.24) is 9.97 Å². The lowest BCUT2D eigenvalue weighted by atomic mass is 10.2. The third-order valence-corrected chi connectivity index (χ3v) is 6.46. The van der Waals surface area contributed by atoms with E-state index in [1.165, 1.54) is 10.3 Å². The molecule has 0 saturated heterocycles. The number of fused-ring (bicyclic) bond motifs is 2. The minimum atomic E-state index is 0.888. The Bertz CT molecular complexity index is 1050. The van der Waals surface area contributed by atoms with Crippen LogP contribution in [0.25, 0.3) is 21.8 Å². The predicted molar refractivity (Wildman–Crippen MR) is 107 cm³/mol. The van der Waals surface area contributed by atoms with E-state index in [2.05, 4.69) is 53.1 Å². The van der Waals surface area contributed by atoms with E-state index >= 15 is 0 Å². The van der Waals surface area contributed by atoms with Crippen LogP contribution in [-0.2, 0) is 0 Å². The third kappa shape index (κ3) is 2.77. The molecule has 2 heterocycles. The Morgan fingerprint density at radius 2 is 1.38 bits per heavy atom. The Balaban J connectivity index is 1.90. The van der Waals surface area contributed by atoms with Crippen molar-refractivity contribution in [2.24, 2.45) is 0 Å². The smallest absolute Gasteiger partial charge is 0.0714 e. The van der Waals surface area contributed by atoms with Gasteiger partial charge in [0.2, 0.25) is 0 Å². The molecule has 0 aliphatic heterocycles. The van der Waals surface area contributed by atoms with E-state index in [1.807, 2.05) is 36.7 Å².